The topological polar surface area (TPSA) is 62.3 Å². The fourth-order valence-electron chi connectivity index (χ4n) is 2.40. The molecule has 0 aromatic carbocycles. The second kappa shape index (κ2) is 6.42. The summed E-state index contributed by atoms with van der Waals surface area (Å²) < 4.78 is 12.6. The van der Waals surface area contributed by atoms with Gasteiger partial charge in [0.25, 0.3) is 5.91 Å². The molecule has 2 rings (SSSR count). The van der Waals surface area contributed by atoms with Crippen LogP contribution in [0.15, 0.2) is 18.3 Å². The van der Waals surface area contributed by atoms with Crippen molar-refractivity contribution in [2.75, 3.05) is 11.6 Å². The van der Waals surface area contributed by atoms with Crippen molar-refractivity contribution >= 4 is 17.8 Å². The number of hydrogen-bond donors (Lipinski definition) is 1. The Morgan fingerprint density at radius 2 is 2.09 bits per heavy atom. The first-order valence-corrected chi connectivity index (χ1v) is 7.55. The molecule has 5 nitrogen and oxygen atoms in total. The maximum Gasteiger partial charge on any atom is 0.330 e. The molecule has 1 aromatic rings. The number of carbonyl (C=O) groups is 2. The Balaban J connectivity index is 2.14. The van der Waals surface area contributed by atoms with Gasteiger partial charge in [0.15, 0.2) is 0 Å². The summed E-state index contributed by atoms with van der Waals surface area (Å²) in [6, 6.07) is 2.98. The van der Waals surface area contributed by atoms with Gasteiger partial charge in [-0.15, -0.1) is 0 Å². The molecule has 1 aromatic heterocycles. The van der Waals surface area contributed by atoms with Crippen LogP contribution in [0.2, 0.25) is 0 Å². The molecule has 1 saturated heterocycles. The van der Waals surface area contributed by atoms with E-state index >= 15 is 0 Å². The summed E-state index contributed by atoms with van der Waals surface area (Å²) >= 11 is 0. The Bertz CT molecular complexity index is 559. The summed E-state index contributed by atoms with van der Waals surface area (Å²) in [4.78, 5) is 29.6. The van der Waals surface area contributed by atoms with E-state index in [1.807, 2.05) is 6.07 Å². The van der Waals surface area contributed by atoms with E-state index in [-0.39, 0.29) is 12.2 Å². The first-order chi connectivity index (χ1) is 10.4. The maximum atomic E-state index is 12.6. The maximum absolute atomic E-state index is 12.6. The minimum absolute atomic E-state index is 0.0411. The van der Waals surface area contributed by atoms with Crippen molar-refractivity contribution in [1.29, 1.82) is 0 Å². The highest BCUT2D eigenvalue weighted by Crippen LogP contribution is 2.26. The quantitative estimate of drug-likeness (QED) is 0.822. The van der Waals surface area contributed by atoms with Crippen LogP contribution in [0.1, 0.15) is 39.2 Å². The van der Waals surface area contributed by atoms with Crippen molar-refractivity contribution in [2.24, 2.45) is 5.92 Å². The molecule has 1 fully saturated rings. The minimum atomic E-state index is -1.19. The Kier molecular flexibility index (Phi) is 4.78. The van der Waals surface area contributed by atoms with Crippen molar-refractivity contribution in [1.82, 2.24) is 10.3 Å². The lowest BCUT2D eigenvalue weighted by atomic mass is 9.99. The smallest absolute Gasteiger partial charge is 0.323 e. The molecule has 3 amide bonds. The van der Waals surface area contributed by atoms with Gasteiger partial charge in [-0.05, 0) is 37.3 Å². The van der Waals surface area contributed by atoms with Gasteiger partial charge in [-0.3, -0.25) is 9.18 Å². The van der Waals surface area contributed by atoms with Gasteiger partial charge in [0.05, 0.1) is 6.67 Å². The van der Waals surface area contributed by atoms with E-state index in [0.29, 0.717) is 5.92 Å². The zero-order valence-corrected chi connectivity index (χ0v) is 13.2. The van der Waals surface area contributed by atoms with Crippen molar-refractivity contribution in [3.05, 3.63) is 23.9 Å². The van der Waals surface area contributed by atoms with E-state index in [1.54, 1.807) is 12.3 Å². The molecule has 0 unspecified atom stereocenters. The van der Waals surface area contributed by atoms with Crippen LogP contribution in [0.5, 0.6) is 0 Å². The van der Waals surface area contributed by atoms with Crippen LogP contribution in [0, 0.1) is 5.92 Å². The summed E-state index contributed by atoms with van der Waals surface area (Å²) in [7, 11) is 0. The molecule has 0 spiro atoms. The standard InChI is InChI=1S/C16H22FN3O2/c1-11(2)4-5-12-6-7-13(18-10-12)20-14(21)16(3,8-9-17)19-15(20)22/h6-7,10-11H,4-5,8-9H2,1-3H3,(H,19,22)/t16-/m0/s1. The van der Waals surface area contributed by atoms with Crippen molar-refractivity contribution in [2.45, 2.75) is 45.6 Å². The van der Waals surface area contributed by atoms with Crippen molar-refractivity contribution in [3.8, 4) is 0 Å². The third-order valence-electron chi connectivity index (χ3n) is 3.90. The summed E-state index contributed by atoms with van der Waals surface area (Å²) in [6.07, 6.45) is 3.60. The lowest BCUT2D eigenvalue weighted by Gasteiger charge is -2.19. The third kappa shape index (κ3) is 3.26. The van der Waals surface area contributed by atoms with Crippen LogP contribution in [-0.2, 0) is 11.2 Å². The second-order valence-electron chi connectivity index (χ2n) is 6.30. The Labute approximate surface area is 129 Å². The number of pyridine rings is 1. The van der Waals surface area contributed by atoms with Crippen LogP contribution in [0.4, 0.5) is 15.0 Å². The molecule has 1 aliphatic heterocycles. The lowest BCUT2D eigenvalue weighted by Crippen LogP contribution is -2.44. The van der Waals surface area contributed by atoms with Crippen LogP contribution < -0.4 is 10.2 Å². The molecule has 2 heterocycles. The number of urea groups is 1. The molecule has 22 heavy (non-hydrogen) atoms. The third-order valence-corrected chi connectivity index (χ3v) is 3.90. The van der Waals surface area contributed by atoms with Gasteiger partial charge in [-0.25, -0.2) is 14.7 Å². The normalized spacial score (nSPS) is 21.6. The molecule has 0 radical (unpaired) electrons. The highest BCUT2D eigenvalue weighted by atomic mass is 19.1. The molecule has 0 saturated carbocycles. The average Bonchev–Trinajstić information content (AvgIpc) is 2.68. The number of anilines is 1. The molecule has 120 valence electrons. The fraction of sp³-hybridized carbons (Fsp3) is 0.562. The summed E-state index contributed by atoms with van der Waals surface area (Å²) in [5, 5.41) is 2.54. The van der Waals surface area contributed by atoms with Gasteiger partial charge in [0.2, 0.25) is 0 Å². The first kappa shape index (κ1) is 16.4. The number of halogens is 1. The number of aromatic nitrogens is 1. The highest BCUT2D eigenvalue weighted by Gasteiger charge is 2.48. The van der Waals surface area contributed by atoms with Crippen LogP contribution in [-0.4, -0.2) is 29.1 Å². The van der Waals surface area contributed by atoms with Crippen LogP contribution in [0.3, 0.4) is 0 Å². The van der Waals surface area contributed by atoms with E-state index in [1.165, 1.54) is 6.92 Å². The van der Waals surface area contributed by atoms with E-state index in [4.69, 9.17) is 0 Å². The van der Waals surface area contributed by atoms with E-state index in [2.05, 4.69) is 24.1 Å². The zero-order valence-electron chi connectivity index (χ0n) is 13.2. The number of nitrogens with one attached hydrogen (secondary N) is 1. The highest BCUT2D eigenvalue weighted by molar-refractivity contribution is 6.22. The molecule has 1 N–H and O–H groups in total. The number of alkyl halides is 1. The van der Waals surface area contributed by atoms with Crippen LogP contribution in [0.25, 0.3) is 0 Å². The SMILES string of the molecule is CC(C)CCc1ccc(N2C(=O)N[C@@](C)(CCF)C2=O)nc1. The molecule has 0 aliphatic carbocycles. The molecule has 6 heteroatoms. The zero-order chi connectivity index (χ0) is 16.3. The predicted octanol–water partition coefficient (Wildman–Crippen LogP) is 2.84. The average molecular weight is 307 g/mol. The summed E-state index contributed by atoms with van der Waals surface area (Å²) in [6.45, 7) is 5.17. The number of nitrogens with zero attached hydrogens (tertiary/aromatic N) is 2. The van der Waals surface area contributed by atoms with Gasteiger partial charge in [-0.1, -0.05) is 19.9 Å². The van der Waals surface area contributed by atoms with Gasteiger partial charge in [0, 0.05) is 12.6 Å². The largest absolute Gasteiger partial charge is 0.330 e. The summed E-state index contributed by atoms with van der Waals surface area (Å²) in [5.41, 5.74) is -0.125. The van der Waals surface area contributed by atoms with Crippen molar-refractivity contribution < 1.29 is 14.0 Å². The van der Waals surface area contributed by atoms with Gasteiger partial charge in [-0.2, -0.15) is 0 Å². The molecular formula is C16H22FN3O2. The van der Waals surface area contributed by atoms with E-state index < -0.39 is 24.2 Å². The van der Waals surface area contributed by atoms with Gasteiger partial charge < -0.3 is 5.32 Å². The number of aryl methyl sites for hydroxylation is 1. The molecule has 1 aliphatic rings. The second-order valence-corrected chi connectivity index (χ2v) is 6.30. The minimum Gasteiger partial charge on any atom is -0.323 e. The molecule has 1 atom stereocenters. The Hall–Kier alpha value is -1.98. The number of carbonyl (C=O) groups excluding carboxylic acids is 2. The number of rotatable bonds is 6. The predicted molar refractivity (Wildman–Crippen MR) is 82.4 cm³/mol. The summed E-state index contributed by atoms with van der Waals surface area (Å²) in [5.74, 6) is 0.419. The van der Waals surface area contributed by atoms with E-state index in [9.17, 15) is 14.0 Å². The number of hydrogen-bond acceptors (Lipinski definition) is 3. The first-order valence-electron chi connectivity index (χ1n) is 7.55. The fourth-order valence-corrected chi connectivity index (χ4v) is 2.40. The Morgan fingerprint density at radius 1 is 1.36 bits per heavy atom. The molecular weight excluding hydrogens is 285 g/mol. The monoisotopic (exact) mass is 307 g/mol. The molecule has 0 bridgehead atoms. The number of imide groups is 1. The van der Waals surface area contributed by atoms with Crippen LogP contribution >= 0.6 is 0 Å². The van der Waals surface area contributed by atoms with Gasteiger partial charge >= 0.3 is 6.03 Å². The lowest BCUT2D eigenvalue weighted by molar-refractivity contribution is -0.121. The Morgan fingerprint density at radius 3 is 2.64 bits per heavy atom. The van der Waals surface area contributed by atoms with E-state index in [0.717, 1.165) is 23.3 Å². The van der Waals surface area contributed by atoms with Gasteiger partial charge in [0.1, 0.15) is 11.4 Å². The number of amides is 3. The van der Waals surface area contributed by atoms with Crippen molar-refractivity contribution in [3.63, 3.8) is 0 Å².